The normalized spacial score (nSPS) is 12.6. The summed E-state index contributed by atoms with van der Waals surface area (Å²) in [6, 6.07) is 8.67. The van der Waals surface area contributed by atoms with Crippen molar-refractivity contribution in [2.24, 2.45) is 0 Å². The lowest BCUT2D eigenvalue weighted by molar-refractivity contribution is -0.577. The highest BCUT2D eigenvalue weighted by atomic mass is 33.1. The van der Waals surface area contributed by atoms with Gasteiger partial charge in [-0.2, -0.15) is 35.8 Å². The molecule has 166 valence electrons. The maximum Gasteiger partial charge on any atom is 0.417 e. The third-order valence-electron chi connectivity index (χ3n) is 4.61. The quantitative estimate of drug-likeness (QED) is 0.151. The molecule has 0 saturated carbocycles. The Morgan fingerprint density at radius 3 is 1.31 bits per heavy atom. The van der Waals surface area contributed by atoms with Crippen LogP contribution < -0.4 is 9.46 Å². The Labute approximate surface area is 184 Å². The van der Waals surface area contributed by atoms with Gasteiger partial charge in [0, 0.05) is 34.1 Å². The molecule has 0 unspecified atom stereocenters. The second-order valence-corrected chi connectivity index (χ2v) is 8.79. The molecule has 4 aromatic rings. The fourth-order valence-electron chi connectivity index (χ4n) is 3.26. The van der Waals surface area contributed by atoms with Crippen molar-refractivity contribution in [2.45, 2.75) is 22.1 Å². The van der Waals surface area contributed by atoms with Gasteiger partial charge < -0.3 is 10.4 Å². The molecule has 0 fully saturated rings. The van der Waals surface area contributed by atoms with Gasteiger partial charge in [-0.25, -0.2) is 0 Å². The highest BCUT2D eigenvalue weighted by Crippen LogP contribution is 2.47. The van der Waals surface area contributed by atoms with Gasteiger partial charge in [-0.3, -0.25) is 0 Å². The summed E-state index contributed by atoms with van der Waals surface area (Å²) >= 11 is 0. The molecule has 4 nitrogen and oxygen atoms in total. The van der Waals surface area contributed by atoms with Gasteiger partial charge in [-0.05, 0) is 12.1 Å². The first kappa shape index (κ1) is 22.3. The minimum Gasteiger partial charge on any atom is -0.618 e. The molecule has 4 rings (SSSR count). The van der Waals surface area contributed by atoms with Crippen LogP contribution in [0.2, 0.25) is 0 Å². The lowest BCUT2D eigenvalue weighted by Crippen LogP contribution is -2.27. The summed E-state index contributed by atoms with van der Waals surface area (Å²) in [5, 5.41) is 23.3. The molecular formula is C20H10F6N2O2S2. The molecule has 0 atom stereocenters. The number of nitrogens with zero attached hydrogens (tertiary/aromatic N) is 2. The molecule has 0 aliphatic carbocycles. The van der Waals surface area contributed by atoms with E-state index in [0.29, 0.717) is 9.46 Å². The van der Waals surface area contributed by atoms with Crippen molar-refractivity contribution >= 4 is 43.4 Å². The molecule has 12 heteroatoms. The zero-order chi connectivity index (χ0) is 23.3. The van der Waals surface area contributed by atoms with Crippen LogP contribution in [-0.2, 0) is 12.4 Å². The highest BCUT2D eigenvalue weighted by Gasteiger charge is 2.36. The van der Waals surface area contributed by atoms with Crippen LogP contribution in [0.1, 0.15) is 11.1 Å². The van der Waals surface area contributed by atoms with E-state index in [0.717, 1.165) is 58.2 Å². The Morgan fingerprint density at radius 2 is 0.969 bits per heavy atom. The van der Waals surface area contributed by atoms with Gasteiger partial charge in [0.05, 0.1) is 21.9 Å². The molecule has 0 N–H and O–H groups in total. The van der Waals surface area contributed by atoms with Crippen LogP contribution in [0.4, 0.5) is 26.3 Å². The van der Waals surface area contributed by atoms with Crippen molar-refractivity contribution in [3.63, 3.8) is 0 Å². The van der Waals surface area contributed by atoms with E-state index < -0.39 is 23.5 Å². The van der Waals surface area contributed by atoms with Crippen molar-refractivity contribution in [1.29, 1.82) is 0 Å². The Morgan fingerprint density at radius 1 is 0.594 bits per heavy atom. The van der Waals surface area contributed by atoms with Crippen LogP contribution in [-0.4, -0.2) is 0 Å². The number of benzene rings is 2. The lowest BCUT2D eigenvalue weighted by atomic mass is 10.1. The summed E-state index contributed by atoms with van der Waals surface area (Å²) in [4.78, 5) is 0.0861. The van der Waals surface area contributed by atoms with Crippen LogP contribution in [0.15, 0.2) is 70.7 Å². The number of alkyl halides is 6. The van der Waals surface area contributed by atoms with E-state index >= 15 is 0 Å². The third-order valence-corrected chi connectivity index (χ3v) is 7.06. The highest BCUT2D eigenvalue weighted by molar-refractivity contribution is 8.76. The SMILES string of the molecule is [O-][n+]1ccc(SSc2cc[n+]([O-])c3cccc(C(F)(F)F)c23)c2c(C(F)(F)F)cccc21. The summed E-state index contributed by atoms with van der Waals surface area (Å²) in [5.41, 5.74) is -2.52. The van der Waals surface area contributed by atoms with E-state index in [9.17, 15) is 36.8 Å². The first-order valence-electron chi connectivity index (χ1n) is 8.77. The molecule has 2 heterocycles. The van der Waals surface area contributed by atoms with Crippen molar-refractivity contribution < 1.29 is 35.8 Å². The number of aromatic nitrogens is 2. The Balaban J connectivity index is 1.85. The largest absolute Gasteiger partial charge is 0.618 e. The number of hydrogen-bond donors (Lipinski definition) is 0. The average molecular weight is 488 g/mol. The predicted molar refractivity (Wildman–Crippen MR) is 108 cm³/mol. The molecule has 0 radical (unpaired) electrons. The van der Waals surface area contributed by atoms with Crippen LogP contribution in [0.5, 0.6) is 0 Å². The van der Waals surface area contributed by atoms with Gasteiger partial charge in [0.15, 0.2) is 12.4 Å². The molecule has 2 aromatic heterocycles. The smallest absolute Gasteiger partial charge is 0.417 e. The number of hydrogen-bond acceptors (Lipinski definition) is 4. The van der Waals surface area contributed by atoms with Gasteiger partial charge in [-0.1, -0.05) is 33.7 Å². The Hall–Kier alpha value is -2.86. The first-order chi connectivity index (χ1) is 15.0. The van der Waals surface area contributed by atoms with Crippen LogP contribution in [0.25, 0.3) is 21.8 Å². The lowest BCUT2D eigenvalue weighted by Gasteiger charge is -2.15. The second-order valence-electron chi connectivity index (χ2n) is 6.57. The van der Waals surface area contributed by atoms with E-state index in [2.05, 4.69) is 0 Å². The number of fused-ring (bicyclic) bond motifs is 2. The monoisotopic (exact) mass is 488 g/mol. The number of halogens is 6. The molecule has 0 aliphatic heterocycles. The van der Waals surface area contributed by atoms with Crippen LogP contribution in [0, 0.1) is 10.4 Å². The Kier molecular flexibility index (Phi) is 5.53. The van der Waals surface area contributed by atoms with E-state index in [-0.39, 0.29) is 31.6 Å². The molecule has 0 spiro atoms. The predicted octanol–water partition coefficient (Wildman–Crippen LogP) is 6.10. The summed E-state index contributed by atoms with van der Waals surface area (Å²) in [7, 11) is 1.54. The van der Waals surface area contributed by atoms with Crippen LogP contribution >= 0.6 is 21.6 Å². The van der Waals surface area contributed by atoms with Gasteiger partial charge in [0.1, 0.15) is 0 Å². The maximum absolute atomic E-state index is 13.5. The zero-order valence-electron chi connectivity index (χ0n) is 15.6. The van der Waals surface area contributed by atoms with E-state index in [1.807, 2.05) is 0 Å². The summed E-state index contributed by atoms with van der Waals surface area (Å²) < 4.78 is 81.8. The fraction of sp³-hybridized carbons (Fsp3) is 0.100. The Bertz CT molecular complexity index is 1240. The van der Waals surface area contributed by atoms with E-state index in [1.54, 1.807) is 0 Å². The van der Waals surface area contributed by atoms with E-state index in [1.165, 1.54) is 24.3 Å². The van der Waals surface area contributed by atoms with E-state index in [4.69, 9.17) is 0 Å². The first-order valence-corrected chi connectivity index (χ1v) is 10.9. The second kappa shape index (κ2) is 7.93. The molecule has 0 saturated heterocycles. The zero-order valence-corrected chi connectivity index (χ0v) is 17.2. The fourth-order valence-corrected chi connectivity index (χ4v) is 5.64. The molecule has 0 bridgehead atoms. The molecular weight excluding hydrogens is 478 g/mol. The van der Waals surface area contributed by atoms with Gasteiger partial charge >= 0.3 is 12.4 Å². The number of pyridine rings is 2. The number of rotatable bonds is 3. The summed E-state index contributed by atoms with van der Waals surface area (Å²) in [5.74, 6) is 0. The minimum atomic E-state index is -4.75. The molecule has 32 heavy (non-hydrogen) atoms. The maximum atomic E-state index is 13.5. The van der Waals surface area contributed by atoms with Crippen molar-refractivity contribution in [3.8, 4) is 0 Å². The standard InChI is InChI=1S/C20H10F6N2O2S2/c21-19(22,23)11-3-1-5-13-17(11)15(7-9-27(13)29)31-32-16-8-10-28(30)14-6-2-4-12(18(14)16)20(24,25)26/h1-10H. The third kappa shape index (κ3) is 3.99. The molecule has 2 aromatic carbocycles. The topological polar surface area (TPSA) is 53.9 Å². The summed E-state index contributed by atoms with van der Waals surface area (Å²) in [6.07, 6.45) is -7.43. The average Bonchev–Trinajstić information content (AvgIpc) is 2.72. The molecule has 0 amide bonds. The van der Waals surface area contributed by atoms with Crippen molar-refractivity contribution in [2.75, 3.05) is 0 Å². The minimum absolute atomic E-state index is 0.0431. The van der Waals surface area contributed by atoms with Crippen LogP contribution in [0.3, 0.4) is 0 Å². The van der Waals surface area contributed by atoms with Gasteiger partial charge in [0.25, 0.3) is 0 Å². The van der Waals surface area contributed by atoms with Gasteiger partial charge in [0.2, 0.25) is 11.0 Å². The van der Waals surface area contributed by atoms with Crippen molar-refractivity contribution in [3.05, 3.63) is 82.5 Å². The van der Waals surface area contributed by atoms with Crippen molar-refractivity contribution in [1.82, 2.24) is 0 Å². The van der Waals surface area contributed by atoms with Gasteiger partial charge in [-0.15, -0.1) is 0 Å². The summed E-state index contributed by atoms with van der Waals surface area (Å²) in [6.45, 7) is 0. The molecule has 0 aliphatic rings.